The van der Waals surface area contributed by atoms with Crippen LogP contribution in [0.2, 0.25) is 0 Å². The minimum absolute atomic E-state index is 0.0878. The Labute approximate surface area is 101 Å². The van der Waals surface area contributed by atoms with Gasteiger partial charge in [-0.05, 0) is 12.3 Å². The molecule has 1 rings (SSSR count). The monoisotopic (exact) mass is 244 g/mol. The Hall–Kier alpha value is -1.30. The number of amides is 2. The van der Waals surface area contributed by atoms with Crippen molar-refractivity contribution in [3.63, 3.8) is 0 Å². The van der Waals surface area contributed by atoms with Crippen molar-refractivity contribution in [1.82, 2.24) is 10.2 Å². The molecule has 6 nitrogen and oxygen atoms in total. The first-order valence-corrected chi connectivity index (χ1v) is 5.87. The van der Waals surface area contributed by atoms with Gasteiger partial charge >= 0.3 is 12.0 Å². The lowest BCUT2D eigenvalue weighted by atomic mass is 10.1. The van der Waals surface area contributed by atoms with E-state index in [-0.39, 0.29) is 13.0 Å². The molecular formula is C11H20N2O4. The van der Waals surface area contributed by atoms with E-state index in [1.54, 1.807) is 0 Å². The molecule has 0 aromatic heterocycles. The summed E-state index contributed by atoms with van der Waals surface area (Å²) >= 11 is 0. The molecule has 0 bridgehead atoms. The number of carboxylic acid groups (broad SMARTS) is 1. The molecule has 17 heavy (non-hydrogen) atoms. The Morgan fingerprint density at radius 3 is 2.65 bits per heavy atom. The number of hydrogen-bond acceptors (Lipinski definition) is 3. The molecule has 3 N–H and O–H groups in total. The van der Waals surface area contributed by atoms with Crippen molar-refractivity contribution in [2.24, 2.45) is 5.92 Å². The summed E-state index contributed by atoms with van der Waals surface area (Å²) in [7, 11) is 0. The highest BCUT2D eigenvalue weighted by Crippen LogP contribution is 2.18. The zero-order chi connectivity index (χ0) is 13.0. The van der Waals surface area contributed by atoms with Crippen LogP contribution in [0.25, 0.3) is 0 Å². The SMILES string of the molecule is CC(C)CCNC(=O)N1C[C@H](O)C[C@H]1C(=O)O. The maximum absolute atomic E-state index is 11.7. The Balaban J connectivity index is 2.47. The van der Waals surface area contributed by atoms with Crippen LogP contribution in [0.1, 0.15) is 26.7 Å². The molecule has 1 aliphatic heterocycles. The number of nitrogens with zero attached hydrogens (tertiary/aromatic N) is 1. The predicted molar refractivity (Wildman–Crippen MR) is 61.6 cm³/mol. The second-order valence-electron chi connectivity index (χ2n) is 4.81. The third-order valence-corrected chi connectivity index (χ3v) is 2.82. The fraction of sp³-hybridized carbons (Fsp3) is 0.818. The molecule has 0 radical (unpaired) electrons. The van der Waals surface area contributed by atoms with Crippen molar-refractivity contribution in [3.8, 4) is 0 Å². The van der Waals surface area contributed by atoms with E-state index in [0.717, 1.165) is 6.42 Å². The zero-order valence-corrected chi connectivity index (χ0v) is 10.2. The van der Waals surface area contributed by atoms with Gasteiger partial charge in [-0.2, -0.15) is 0 Å². The summed E-state index contributed by atoms with van der Waals surface area (Å²) in [6.07, 6.45) is 0.208. The van der Waals surface area contributed by atoms with E-state index in [1.165, 1.54) is 4.90 Å². The first-order chi connectivity index (χ1) is 7.91. The number of likely N-dealkylation sites (tertiary alicyclic amines) is 1. The minimum Gasteiger partial charge on any atom is -0.480 e. The fourth-order valence-electron chi connectivity index (χ4n) is 1.84. The van der Waals surface area contributed by atoms with Crippen LogP contribution in [-0.4, -0.2) is 52.3 Å². The third-order valence-electron chi connectivity index (χ3n) is 2.82. The molecule has 0 spiro atoms. The van der Waals surface area contributed by atoms with Crippen LogP contribution in [0.15, 0.2) is 0 Å². The number of rotatable bonds is 4. The van der Waals surface area contributed by atoms with Crippen LogP contribution < -0.4 is 5.32 Å². The first-order valence-electron chi connectivity index (χ1n) is 5.87. The standard InChI is InChI=1S/C11H20N2O4/c1-7(2)3-4-12-11(17)13-6-8(14)5-9(13)10(15)16/h7-9,14H,3-6H2,1-2H3,(H,12,17)(H,15,16)/t8-,9+/m1/s1. The summed E-state index contributed by atoms with van der Waals surface area (Å²) < 4.78 is 0. The highest BCUT2D eigenvalue weighted by molar-refractivity contribution is 5.83. The summed E-state index contributed by atoms with van der Waals surface area (Å²) in [5.41, 5.74) is 0. The van der Waals surface area contributed by atoms with E-state index in [4.69, 9.17) is 5.11 Å². The van der Waals surface area contributed by atoms with Crippen molar-refractivity contribution in [2.45, 2.75) is 38.8 Å². The Morgan fingerprint density at radius 2 is 2.12 bits per heavy atom. The van der Waals surface area contributed by atoms with Gasteiger partial charge in [0, 0.05) is 19.5 Å². The lowest BCUT2D eigenvalue weighted by Crippen LogP contribution is -2.46. The Bertz CT molecular complexity index is 293. The molecule has 98 valence electrons. The van der Waals surface area contributed by atoms with E-state index in [1.807, 2.05) is 13.8 Å². The number of urea groups is 1. The molecule has 2 amide bonds. The van der Waals surface area contributed by atoms with E-state index in [0.29, 0.717) is 12.5 Å². The zero-order valence-electron chi connectivity index (χ0n) is 10.2. The van der Waals surface area contributed by atoms with Crippen LogP contribution in [0.4, 0.5) is 4.79 Å². The molecule has 0 aliphatic carbocycles. The largest absolute Gasteiger partial charge is 0.480 e. The van der Waals surface area contributed by atoms with Gasteiger partial charge in [0.05, 0.1) is 6.10 Å². The van der Waals surface area contributed by atoms with Gasteiger partial charge < -0.3 is 20.4 Å². The summed E-state index contributed by atoms with van der Waals surface area (Å²) in [5.74, 6) is -0.588. The van der Waals surface area contributed by atoms with Gasteiger partial charge in [-0.3, -0.25) is 0 Å². The summed E-state index contributed by atoms with van der Waals surface area (Å²) in [6, 6.07) is -1.32. The lowest BCUT2D eigenvalue weighted by Gasteiger charge is -2.21. The third kappa shape index (κ3) is 3.89. The Kier molecular flexibility index (Phi) is 4.74. The average molecular weight is 244 g/mol. The molecule has 1 heterocycles. The van der Waals surface area contributed by atoms with Crippen LogP contribution >= 0.6 is 0 Å². The van der Waals surface area contributed by atoms with E-state index < -0.39 is 24.1 Å². The molecule has 0 saturated carbocycles. The molecule has 6 heteroatoms. The number of hydrogen-bond donors (Lipinski definition) is 3. The second kappa shape index (κ2) is 5.86. The molecule has 0 aromatic carbocycles. The highest BCUT2D eigenvalue weighted by Gasteiger charge is 2.38. The van der Waals surface area contributed by atoms with Crippen LogP contribution in [-0.2, 0) is 4.79 Å². The number of carbonyl (C=O) groups is 2. The highest BCUT2D eigenvalue weighted by atomic mass is 16.4. The fourth-order valence-corrected chi connectivity index (χ4v) is 1.84. The summed E-state index contributed by atoms with van der Waals surface area (Å²) in [5, 5.41) is 21.0. The van der Waals surface area contributed by atoms with E-state index in [9.17, 15) is 14.7 Å². The molecule has 1 saturated heterocycles. The van der Waals surface area contributed by atoms with Crippen molar-refractivity contribution in [2.75, 3.05) is 13.1 Å². The van der Waals surface area contributed by atoms with Crippen LogP contribution in [0.3, 0.4) is 0 Å². The summed E-state index contributed by atoms with van der Waals surface area (Å²) in [4.78, 5) is 23.8. The topological polar surface area (TPSA) is 89.9 Å². The van der Waals surface area contributed by atoms with Gasteiger partial charge in [0.25, 0.3) is 0 Å². The van der Waals surface area contributed by atoms with Gasteiger partial charge in [0.15, 0.2) is 0 Å². The second-order valence-corrected chi connectivity index (χ2v) is 4.81. The maximum Gasteiger partial charge on any atom is 0.326 e. The Morgan fingerprint density at radius 1 is 1.47 bits per heavy atom. The van der Waals surface area contributed by atoms with Gasteiger partial charge in [0.1, 0.15) is 6.04 Å². The van der Waals surface area contributed by atoms with Crippen molar-refractivity contribution < 1.29 is 19.8 Å². The van der Waals surface area contributed by atoms with Gasteiger partial charge in [-0.25, -0.2) is 9.59 Å². The average Bonchev–Trinajstić information content (AvgIpc) is 2.59. The molecule has 2 atom stereocenters. The van der Waals surface area contributed by atoms with Crippen molar-refractivity contribution >= 4 is 12.0 Å². The van der Waals surface area contributed by atoms with Crippen LogP contribution in [0.5, 0.6) is 0 Å². The van der Waals surface area contributed by atoms with E-state index >= 15 is 0 Å². The normalized spacial score (nSPS) is 24.1. The molecule has 1 fully saturated rings. The summed E-state index contributed by atoms with van der Waals surface area (Å²) in [6.45, 7) is 4.71. The van der Waals surface area contributed by atoms with Gasteiger partial charge in [0.2, 0.25) is 0 Å². The number of aliphatic carboxylic acids is 1. The number of carboxylic acids is 1. The molecule has 0 aromatic rings. The number of carbonyl (C=O) groups excluding carboxylic acids is 1. The molecular weight excluding hydrogens is 224 g/mol. The van der Waals surface area contributed by atoms with Crippen molar-refractivity contribution in [3.05, 3.63) is 0 Å². The van der Waals surface area contributed by atoms with Crippen molar-refractivity contribution in [1.29, 1.82) is 0 Å². The number of nitrogens with one attached hydrogen (secondary N) is 1. The number of β-amino-alcohol motifs (C(OH)–C–C–N with tert-alkyl or cyclic N) is 1. The lowest BCUT2D eigenvalue weighted by molar-refractivity contribution is -0.141. The molecule has 0 unspecified atom stereocenters. The maximum atomic E-state index is 11.7. The predicted octanol–water partition coefficient (Wildman–Crippen LogP) is 0.262. The first kappa shape index (κ1) is 13.8. The van der Waals surface area contributed by atoms with Crippen LogP contribution in [0, 0.1) is 5.92 Å². The number of aliphatic hydroxyl groups excluding tert-OH is 1. The van der Waals surface area contributed by atoms with Gasteiger partial charge in [-0.1, -0.05) is 13.8 Å². The smallest absolute Gasteiger partial charge is 0.326 e. The quantitative estimate of drug-likeness (QED) is 0.661. The number of aliphatic hydroxyl groups is 1. The van der Waals surface area contributed by atoms with E-state index in [2.05, 4.69) is 5.32 Å². The van der Waals surface area contributed by atoms with Gasteiger partial charge in [-0.15, -0.1) is 0 Å². The minimum atomic E-state index is -1.07. The molecule has 1 aliphatic rings.